The number of allylic oxidation sites excluding steroid dienone is 12. The van der Waals surface area contributed by atoms with Gasteiger partial charge in [-0.3, -0.25) is 4.79 Å². The molecule has 0 amide bonds. The van der Waals surface area contributed by atoms with Crippen LogP contribution >= 0.6 is 0 Å². The van der Waals surface area contributed by atoms with Crippen LogP contribution in [0.4, 0.5) is 0 Å². The zero-order valence-electron chi connectivity index (χ0n) is 40.1. The highest BCUT2D eigenvalue weighted by Crippen LogP contribution is 2.23. The molecule has 0 aromatic carbocycles. The number of aliphatic hydroxyl groups is 4. The number of hydrogen-bond donors (Lipinski definition) is 4. The molecule has 6 unspecified atom stereocenters. The second-order valence-electron chi connectivity index (χ2n) is 17.2. The molecule has 9 heteroatoms. The van der Waals surface area contributed by atoms with Crippen molar-refractivity contribution in [2.75, 3.05) is 26.4 Å². The molecule has 1 aliphatic heterocycles. The van der Waals surface area contributed by atoms with E-state index in [2.05, 4.69) is 86.8 Å². The van der Waals surface area contributed by atoms with Crippen molar-refractivity contribution < 1.29 is 44.2 Å². The second kappa shape index (κ2) is 44.8. The first-order chi connectivity index (χ1) is 30.9. The number of carbonyl (C=O) groups is 1. The Hall–Kier alpha value is -2.37. The van der Waals surface area contributed by atoms with Crippen LogP contribution in [0.5, 0.6) is 0 Å². The van der Waals surface area contributed by atoms with Gasteiger partial charge in [0.15, 0.2) is 6.29 Å². The Bertz CT molecular complexity index is 1190. The van der Waals surface area contributed by atoms with E-state index in [1.54, 1.807) is 0 Å². The predicted octanol–water partition coefficient (Wildman–Crippen LogP) is 12.4. The van der Waals surface area contributed by atoms with E-state index < -0.39 is 43.4 Å². The fraction of sp³-hybridized carbons (Fsp3) is 0.759. The maximum atomic E-state index is 12.8. The first kappa shape index (κ1) is 58.6. The lowest BCUT2D eigenvalue weighted by molar-refractivity contribution is -0.305. The Morgan fingerprint density at radius 3 is 1.46 bits per heavy atom. The number of ether oxygens (including phenoxy) is 4. The lowest BCUT2D eigenvalue weighted by Gasteiger charge is -2.39. The number of hydrogen-bond acceptors (Lipinski definition) is 9. The van der Waals surface area contributed by atoms with Crippen LogP contribution in [-0.4, -0.2) is 89.6 Å². The van der Waals surface area contributed by atoms with Gasteiger partial charge in [0.05, 0.1) is 19.8 Å². The van der Waals surface area contributed by atoms with Crippen molar-refractivity contribution in [2.24, 2.45) is 0 Å². The Kier molecular flexibility index (Phi) is 41.7. The molecular weight excluding hydrogens is 793 g/mol. The summed E-state index contributed by atoms with van der Waals surface area (Å²) < 4.78 is 22.9. The van der Waals surface area contributed by atoms with Crippen LogP contribution < -0.4 is 0 Å². The Morgan fingerprint density at radius 1 is 0.524 bits per heavy atom. The lowest BCUT2D eigenvalue weighted by Crippen LogP contribution is -2.59. The molecule has 0 aromatic rings. The van der Waals surface area contributed by atoms with Gasteiger partial charge in [0, 0.05) is 13.0 Å². The average Bonchev–Trinajstić information content (AvgIpc) is 3.28. The molecule has 0 bridgehead atoms. The summed E-state index contributed by atoms with van der Waals surface area (Å²) >= 11 is 0. The zero-order chi connectivity index (χ0) is 45.7. The third-order valence-electron chi connectivity index (χ3n) is 11.4. The van der Waals surface area contributed by atoms with Crippen molar-refractivity contribution in [3.8, 4) is 0 Å². The first-order valence-electron chi connectivity index (χ1n) is 25.5. The zero-order valence-corrected chi connectivity index (χ0v) is 40.1. The third-order valence-corrected chi connectivity index (χ3v) is 11.4. The maximum Gasteiger partial charge on any atom is 0.306 e. The molecule has 1 heterocycles. The Morgan fingerprint density at radius 2 is 0.968 bits per heavy atom. The molecule has 1 rings (SSSR count). The summed E-state index contributed by atoms with van der Waals surface area (Å²) in [5.41, 5.74) is 0. The average molecular weight is 887 g/mol. The van der Waals surface area contributed by atoms with E-state index in [4.69, 9.17) is 18.9 Å². The summed E-state index contributed by atoms with van der Waals surface area (Å²) in [6.07, 6.45) is 52.2. The largest absolute Gasteiger partial charge is 0.457 e. The van der Waals surface area contributed by atoms with Crippen LogP contribution in [0.2, 0.25) is 0 Å². The summed E-state index contributed by atoms with van der Waals surface area (Å²) in [6, 6.07) is 0. The third kappa shape index (κ3) is 35.6. The van der Waals surface area contributed by atoms with Gasteiger partial charge >= 0.3 is 5.97 Å². The van der Waals surface area contributed by atoms with Crippen molar-refractivity contribution in [3.63, 3.8) is 0 Å². The number of aliphatic hydroxyl groups excluding tert-OH is 4. The maximum absolute atomic E-state index is 12.8. The minimum absolute atomic E-state index is 0.123. The van der Waals surface area contributed by atoms with E-state index in [1.807, 2.05) is 0 Å². The minimum Gasteiger partial charge on any atom is -0.457 e. The topological polar surface area (TPSA) is 135 Å². The van der Waals surface area contributed by atoms with Gasteiger partial charge in [-0.05, 0) is 64.2 Å². The highest BCUT2D eigenvalue weighted by molar-refractivity contribution is 5.69. The van der Waals surface area contributed by atoms with Crippen LogP contribution in [-0.2, 0) is 23.7 Å². The van der Waals surface area contributed by atoms with Gasteiger partial charge in [-0.15, -0.1) is 0 Å². The number of unbranched alkanes of at least 4 members (excludes halogenated alkanes) is 20. The summed E-state index contributed by atoms with van der Waals surface area (Å²) in [5.74, 6) is -0.321. The van der Waals surface area contributed by atoms with E-state index in [-0.39, 0.29) is 19.2 Å². The predicted molar refractivity (Wildman–Crippen MR) is 260 cm³/mol. The number of carbonyl (C=O) groups excluding carboxylic acids is 1. The smallest absolute Gasteiger partial charge is 0.306 e. The van der Waals surface area contributed by atoms with Crippen LogP contribution in [0.1, 0.15) is 200 Å². The highest BCUT2D eigenvalue weighted by Gasteiger charge is 2.44. The van der Waals surface area contributed by atoms with E-state index >= 15 is 0 Å². The molecule has 0 spiro atoms. The summed E-state index contributed by atoms with van der Waals surface area (Å²) in [5, 5.41) is 40.2. The van der Waals surface area contributed by atoms with Gasteiger partial charge in [0.2, 0.25) is 0 Å². The summed E-state index contributed by atoms with van der Waals surface area (Å²) in [6.45, 7) is 4.41. The Labute approximate surface area is 385 Å². The van der Waals surface area contributed by atoms with Crippen molar-refractivity contribution >= 4 is 5.97 Å². The molecule has 63 heavy (non-hydrogen) atoms. The molecular formula is C54H94O9. The quantitative estimate of drug-likeness (QED) is 0.0268. The molecule has 1 aliphatic rings. The standard InChI is InChI=1S/C54H94O9/c1-3-5-7-9-11-13-15-17-19-21-22-23-24-25-26-27-28-30-32-34-36-38-40-42-44-60-46-48(47-61-54-53(59)52(58)51(57)49(45-55)63-54)62-50(56)43-41-39-37-35-33-31-29-20-18-16-14-12-10-8-6-4-2/h5,7,11,13,17,19,22-23,25-26,28,30,48-49,51-55,57-59H,3-4,6,8-10,12,14-16,18,20-21,24,27,29,31-47H2,1-2H3/b7-5-,13-11-,19-17-,23-22-,26-25-,30-28-. The summed E-state index contributed by atoms with van der Waals surface area (Å²) in [7, 11) is 0. The fourth-order valence-electron chi connectivity index (χ4n) is 7.44. The minimum atomic E-state index is -1.54. The molecule has 0 saturated carbocycles. The van der Waals surface area contributed by atoms with E-state index in [9.17, 15) is 25.2 Å². The van der Waals surface area contributed by atoms with E-state index in [1.165, 1.54) is 89.9 Å². The molecule has 364 valence electrons. The van der Waals surface area contributed by atoms with Gasteiger partial charge in [-0.1, -0.05) is 202 Å². The molecule has 9 nitrogen and oxygen atoms in total. The highest BCUT2D eigenvalue weighted by atomic mass is 16.7. The van der Waals surface area contributed by atoms with Crippen molar-refractivity contribution in [1.29, 1.82) is 0 Å². The van der Waals surface area contributed by atoms with Gasteiger partial charge in [-0.25, -0.2) is 0 Å². The van der Waals surface area contributed by atoms with E-state index in [0.29, 0.717) is 13.0 Å². The van der Waals surface area contributed by atoms with Crippen molar-refractivity contribution in [3.05, 3.63) is 72.9 Å². The molecule has 4 N–H and O–H groups in total. The SMILES string of the molecule is CC/C=C\C/C=C\C/C=C\C/C=C\C/C=C\C/C=C\CCCCCCCOCC(COC1OC(CO)C(O)C(O)C1O)OC(=O)CCCCCCCCCCCCCCCCCC. The van der Waals surface area contributed by atoms with Gasteiger partial charge in [-0.2, -0.15) is 0 Å². The second-order valence-corrected chi connectivity index (χ2v) is 17.2. The van der Waals surface area contributed by atoms with E-state index in [0.717, 1.165) is 89.9 Å². The van der Waals surface area contributed by atoms with Crippen molar-refractivity contribution in [1.82, 2.24) is 0 Å². The molecule has 1 saturated heterocycles. The molecule has 0 aromatic heterocycles. The number of esters is 1. The monoisotopic (exact) mass is 887 g/mol. The van der Waals surface area contributed by atoms with Crippen LogP contribution in [0.3, 0.4) is 0 Å². The van der Waals surface area contributed by atoms with Crippen molar-refractivity contribution in [2.45, 2.75) is 237 Å². The number of rotatable bonds is 43. The van der Waals surface area contributed by atoms with Crippen LogP contribution in [0, 0.1) is 0 Å². The van der Waals surface area contributed by atoms with Crippen LogP contribution in [0.15, 0.2) is 72.9 Å². The van der Waals surface area contributed by atoms with Crippen LogP contribution in [0.25, 0.3) is 0 Å². The van der Waals surface area contributed by atoms with Gasteiger partial charge in [0.1, 0.15) is 30.5 Å². The molecule has 1 fully saturated rings. The molecule has 6 atom stereocenters. The first-order valence-corrected chi connectivity index (χ1v) is 25.5. The summed E-state index contributed by atoms with van der Waals surface area (Å²) in [4.78, 5) is 12.8. The fourth-order valence-corrected chi connectivity index (χ4v) is 7.44. The van der Waals surface area contributed by atoms with Gasteiger partial charge < -0.3 is 39.4 Å². The lowest BCUT2D eigenvalue weighted by atomic mass is 9.99. The Balaban J connectivity index is 2.23. The molecule has 0 aliphatic carbocycles. The normalized spacial score (nSPS) is 20.3. The molecule has 0 radical (unpaired) electrons. The van der Waals surface area contributed by atoms with Gasteiger partial charge in [0.25, 0.3) is 0 Å².